The van der Waals surface area contributed by atoms with Gasteiger partial charge >= 0.3 is 0 Å². The third-order valence-corrected chi connectivity index (χ3v) is 6.78. The molecule has 1 amide bonds. The zero-order valence-corrected chi connectivity index (χ0v) is 20.3. The van der Waals surface area contributed by atoms with Crippen LogP contribution < -0.4 is 15.4 Å². The largest absolute Gasteiger partial charge is 0.472 e. The second-order valence-corrected chi connectivity index (χ2v) is 9.53. The van der Waals surface area contributed by atoms with Crippen molar-refractivity contribution in [2.24, 2.45) is 5.73 Å². The minimum Gasteiger partial charge on any atom is -0.472 e. The Kier molecular flexibility index (Phi) is 7.89. The third kappa shape index (κ3) is 5.98. The van der Waals surface area contributed by atoms with Crippen molar-refractivity contribution >= 4 is 35.2 Å². The molecular weight excluding hydrogens is 474 g/mol. The number of anilines is 1. The Balaban J connectivity index is 1.60. The zero-order valence-electron chi connectivity index (χ0n) is 18.8. The lowest BCUT2D eigenvalue weighted by atomic mass is 10.1. The second kappa shape index (κ2) is 11.1. The number of aliphatic hydroxyl groups is 1. The van der Waals surface area contributed by atoms with Gasteiger partial charge in [0.1, 0.15) is 6.61 Å². The number of nitrogens with two attached hydrogens (primary N) is 1. The Morgan fingerprint density at radius 2 is 1.94 bits per heavy atom. The maximum absolute atomic E-state index is 11.5. The van der Waals surface area contributed by atoms with E-state index >= 15 is 0 Å². The lowest BCUT2D eigenvalue weighted by Crippen LogP contribution is -2.45. The molecule has 0 radical (unpaired) electrons. The van der Waals surface area contributed by atoms with Crippen molar-refractivity contribution in [3.63, 3.8) is 0 Å². The summed E-state index contributed by atoms with van der Waals surface area (Å²) in [6, 6.07) is 12.7. The number of primary amides is 1. The van der Waals surface area contributed by atoms with Gasteiger partial charge in [0.05, 0.1) is 28.3 Å². The molecule has 10 heteroatoms. The van der Waals surface area contributed by atoms with Crippen molar-refractivity contribution in [2.75, 3.05) is 38.1 Å². The molecule has 0 unspecified atom stereocenters. The molecule has 0 spiro atoms. The number of carbonyl (C=O) groups is 1. The molecule has 0 saturated carbocycles. The topological polar surface area (TPSA) is 105 Å². The molecule has 1 fully saturated rings. The molecule has 0 atom stereocenters. The molecule has 1 saturated heterocycles. The van der Waals surface area contributed by atoms with Crippen LogP contribution in [-0.4, -0.2) is 59.1 Å². The van der Waals surface area contributed by atoms with Crippen molar-refractivity contribution < 1.29 is 14.6 Å². The van der Waals surface area contributed by atoms with E-state index in [1.165, 1.54) is 11.8 Å². The average molecular weight is 500 g/mol. The van der Waals surface area contributed by atoms with Gasteiger partial charge in [-0.25, -0.2) is 4.98 Å². The van der Waals surface area contributed by atoms with E-state index in [-0.39, 0.29) is 17.2 Å². The predicted octanol–water partition coefficient (Wildman–Crippen LogP) is 3.20. The lowest BCUT2D eigenvalue weighted by Gasteiger charge is -2.32. The van der Waals surface area contributed by atoms with E-state index in [0.717, 1.165) is 47.1 Å². The average Bonchev–Trinajstić information content (AvgIpc) is 2.84. The van der Waals surface area contributed by atoms with Crippen LogP contribution in [0.3, 0.4) is 0 Å². The van der Waals surface area contributed by atoms with Crippen molar-refractivity contribution in [3.8, 4) is 5.88 Å². The number of piperazine rings is 1. The fourth-order valence-electron chi connectivity index (χ4n) is 3.53. The summed E-state index contributed by atoms with van der Waals surface area (Å²) in [5.74, 6) is 0.507. The molecule has 0 aliphatic carbocycles. The summed E-state index contributed by atoms with van der Waals surface area (Å²) in [7, 11) is 2.10. The number of aromatic nitrogens is 2. The van der Waals surface area contributed by atoms with Gasteiger partial charge < -0.3 is 25.4 Å². The first-order valence-corrected chi connectivity index (χ1v) is 12.0. The first-order chi connectivity index (χ1) is 16.4. The number of nitrogens with zero attached hydrogens (tertiary/aromatic N) is 4. The van der Waals surface area contributed by atoms with Gasteiger partial charge in [0.15, 0.2) is 0 Å². The molecule has 1 aliphatic heterocycles. The molecule has 0 bridgehead atoms. The summed E-state index contributed by atoms with van der Waals surface area (Å²) in [5.41, 5.74) is 7.38. The molecule has 3 N–H and O–H groups in total. The van der Waals surface area contributed by atoms with Gasteiger partial charge in [0.25, 0.3) is 0 Å². The zero-order chi connectivity index (χ0) is 24.1. The third-order valence-electron chi connectivity index (χ3n) is 5.48. The first-order valence-electron chi connectivity index (χ1n) is 10.8. The van der Waals surface area contributed by atoms with Crippen molar-refractivity contribution in [1.82, 2.24) is 14.9 Å². The highest BCUT2D eigenvalue weighted by molar-refractivity contribution is 7.99. The highest BCUT2D eigenvalue weighted by atomic mass is 35.5. The van der Waals surface area contributed by atoms with Gasteiger partial charge in [-0.1, -0.05) is 47.6 Å². The highest BCUT2D eigenvalue weighted by Gasteiger charge is 2.19. The number of halogens is 1. The normalized spacial score (nSPS) is 14.3. The van der Waals surface area contributed by atoms with Crippen LogP contribution in [0.5, 0.6) is 5.88 Å². The number of amides is 1. The number of aliphatic hydroxyl groups excluding tert-OH is 1. The number of ether oxygens (including phenoxy) is 1. The molecule has 178 valence electrons. The molecule has 2 aromatic carbocycles. The minimum atomic E-state index is -0.574. The summed E-state index contributed by atoms with van der Waals surface area (Å²) >= 11 is 7.63. The van der Waals surface area contributed by atoms with Crippen LogP contribution in [0.25, 0.3) is 0 Å². The van der Waals surface area contributed by atoms with Gasteiger partial charge in [0.2, 0.25) is 17.7 Å². The Hall–Kier alpha value is -2.85. The molecule has 3 aromatic rings. The Morgan fingerprint density at radius 1 is 1.18 bits per heavy atom. The fourth-order valence-corrected chi connectivity index (χ4v) is 4.74. The van der Waals surface area contributed by atoms with Crippen LogP contribution >= 0.6 is 23.4 Å². The molecule has 8 nitrogen and oxygen atoms in total. The standard InChI is InChI=1S/C24H26ClN5O3S/c1-29-7-9-30(10-8-29)24-27-13-21(34-18-5-6-19(22(26)32)20(25)12-18)23(28-24)33-15-17-4-2-3-16(11-17)14-31/h2-6,11-13,31H,7-10,14-15H2,1H3,(H2,26,32). The number of hydrogen-bond donors (Lipinski definition) is 2. The summed E-state index contributed by atoms with van der Waals surface area (Å²) in [6.07, 6.45) is 1.75. The number of hydrogen-bond acceptors (Lipinski definition) is 8. The monoisotopic (exact) mass is 499 g/mol. The van der Waals surface area contributed by atoms with Crippen molar-refractivity contribution in [3.05, 3.63) is 70.4 Å². The van der Waals surface area contributed by atoms with E-state index in [2.05, 4.69) is 21.8 Å². The predicted molar refractivity (Wildman–Crippen MR) is 133 cm³/mol. The van der Waals surface area contributed by atoms with Crippen molar-refractivity contribution in [1.29, 1.82) is 0 Å². The summed E-state index contributed by atoms with van der Waals surface area (Å²) in [5, 5.41) is 9.71. The maximum atomic E-state index is 11.5. The van der Waals surface area contributed by atoms with E-state index in [1.54, 1.807) is 24.4 Å². The van der Waals surface area contributed by atoms with Gasteiger partial charge in [-0.05, 0) is 36.4 Å². The molecule has 1 aromatic heterocycles. The summed E-state index contributed by atoms with van der Waals surface area (Å²) in [4.78, 5) is 26.8. The SMILES string of the molecule is CN1CCN(c2ncc(Sc3ccc(C(N)=O)c(Cl)c3)c(OCc3cccc(CO)c3)n2)CC1. The van der Waals surface area contributed by atoms with E-state index in [1.807, 2.05) is 24.3 Å². The maximum Gasteiger partial charge on any atom is 0.250 e. The van der Waals surface area contributed by atoms with Crippen LogP contribution in [0.1, 0.15) is 21.5 Å². The van der Waals surface area contributed by atoms with Crippen LogP contribution in [0.4, 0.5) is 5.95 Å². The van der Waals surface area contributed by atoms with Crippen LogP contribution in [0.2, 0.25) is 5.02 Å². The molecule has 34 heavy (non-hydrogen) atoms. The van der Waals surface area contributed by atoms with Gasteiger partial charge in [-0.2, -0.15) is 4.98 Å². The minimum absolute atomic E-state index is 0.0297. The fraction of sp³-hybridized carbons (Fsp3) is 0.292. The van der Waals surface area contributed by atoms with Crippen LogP contribution in [0.15, 0.2) is 58.5 Å². The second-order valence-electron chi connectivity index (χ2n) is 8.00. The summed E-state index contributed by atoms with van der Waals surface area (Å²) in [6.45, 7) is 3.82. The number of carbonyl (C=O) groups excluding carboxylic acids is 1. The Bertz CT molecular complexity index is 1170. The van der Waals surface area contributed by atoms with E-state index < -0.39 is 5.91 Å². The lowest BCUT2D eigenvalue weighted by molar-refractivity contribution is 0.100. The van der Waals surface area contributed by atoms with Gasteiger partial charge in [0, 0.05) is 31.1 Å². The molecular formula is C24H26ClN5O3S. The van der Waals surface area contributed by atoms with Crippen LogP contribution in [-0.2, 0) is 13.2 Å². The number of likely N-dealkylation sites (N-methyl/N-ethyl adjacent to an activating group) is 1. The number of rotatable bonds is 8. The molecule has 4 rings (SSSR count). The number of benzene rings is 2. The van der Waals surface area contributed by atoms with E-state index in [4.69, 9.17) is 27.1 Å². The first kappa shape index (κ1) is 24.3. The van der Waals surface area contributed by atoms with Crippen molar-refractivity contribution in [2.45, 2.75) is 23.0 Å². The quantitative estimate of drug-likeness (QED) is 0.487. The van der Waals surface area contributed by atoms with E-state index in [9.17, 15) is 9.90 Å². The Morgan fingerprint density at radius 3 is 2.65 bits per heavy atom. The smallest absolute Gasteiger partial charge is 0.250 e. The summed E-state index contributed by atoms with van der Waals surface area (Å²) < 4.78 is 6.14. The Labute approximate surface area is 207 Å². The van der Waals surface area contributed by atoms with E-state index in [0.29, 0.717) is 18.4 Å². The van der Waals surface area contributed by atoms with Crippen LogP contribution in [0, 0.1) is 0 Å². The molecule has 1 aliphatic rings. The molecule has 2 heterocycles. The van der Waals surface area contributed by atoms with Gasteiger partial charge in [-0.3, -0.25) is 4.79 Å². The highest BCUT2D eigenvalue weighted by Crippen LogP contribution is 2.36. The van der Waals surface area contributed by atoms with Gasteiger partial charge in [-0.15, -0.1) is 0 Å².